The topological polar surface area (TPSA) is 32.3 Å². The average Bonchev–Trinajstić information content (AvgIpc) is 2.44. The van der Waals surface area contributed by atoms with Crippen LogP contribution in [0.4, 0.5) is 8.78 Å². The standard InChI is InChI=1S/C15H18Cl2F2N2O/c16-12-2-1-10(7-13(12)17)8-15(22)20-11-3-5-21(6-4-11)9-14(18)19/h1-2,7,11,14H,3-6,8-9H2,(H,20,22). The number of amides is 1. The lowest BCUT2D eigenvalue weighted by Crippen LogP contribution is -2.46. The van der Waals surface area contributed by atoms with Gasteiger partial charge in [-0.15, -0.1) is 0 Å². The Hall–Kier alpha value is -0.910. The molecular formula is C15H18Cl2F2N2O. The third-order valence-electron chi connectivity index (χ3n) is 3.70. The summed E-state index contributed by atoms with van der Waals surface area (Å²) < 4.78 is 24.6. The highest BCUT2D eigenvalue weighted by atomic mass is 35.5. The molecule has 1 aromatic rings. The average molecular weight is 351 g/mol. The van der Waals surface area contributed by atoms with Crippen molar-refractivity contribution in [3.63, 3.8) is 0 Å². The molecular weight excluding hydrogens is 333 g/mol. The second-order valence-electron chi connectivity index (χ2n) is 5.46. The number of halogens is 4. The number of carbonyl (C=O) groups excluding carboxylic acids is 1. The Balaban J connectivity index is 1.77. The Morgan fingerprint density at radius 2 is 1.95 bits per heavy atom. The molecule has 2 rings (SSSR count). The van der Waals surface area contributed by atoms with Crippen molar-refractivity contribution in [3.05, 3.63) is 33.8 Å². The minimum absolute atomic E-state index is 0.0456. The maximum absolute atomic E-state index is 12.3. The number of nitrogens with one attached hydrogen (secondary N) is 1. The van der Waals surface area contributed by atoms with Gasteiger partial charge in [-0.1, -0.05) is 29.3 Å². The van der Waals surface area contributed by atoms with Crippen LogP contribution >= 0.6 is 23.2 Å². The molecule has 0 bridgehead atoms. The minimum Gasteiger partial charge on any atom is -0.353 e. The molecule has 0 atom stereocenters. The van der Waals surface area contributed by atoms with Gasteiger partial charge in [0.05, 0.1) is 23.0 Å². The summed E-state index contributed by atoms with van der Waals surface area (Å²) in [6.07, 6.45) is -0.686. The van der Waals surface area contributed by atoms with Gasteiger partial charge in [0.25, 0.3) is 6.43 Å². The van der Waals surface area contributed by atoms with E-state index in [9.17, 15) is 13.6 Å². The normalized spacial score (nSPS) is 17.0. The summed E-state index contributed by atoms with van der Waals surface area (Å²) in [6.45, 7) is 0.980. The van der Waals surface area contributed by atoms with Gasteiger partial charge in [-0.3, -0.25) is 9.69 Å². The quantitative estimate of drug-likeness (QED) is 0.882. The van der Waals surface area contributed by atoms with Gasteiger partial charge >= 0.3 is 0 Å². The van der Waals surface area contributed by atoms with Crippen molar-refractivity contribution in [1.29, 1.82) is 0 Å². The van der Waals surface area contributed by atoms with Gasteiger partial charge in [-0.05, 0) is 30.5 Å². The first-order valence-electron chi connectivity index (χ1n) is 7.18. The molecule has 3 nitrogen and oxygen atoms in total. The number of benzene rings is 1. The van der Waals surface area contributed by atoms with Crippen LogP contribution in [0, 0.1) is 0 Å². The summed E-state index contributed by atoms with van der Waals surface area (Å²) in [6, 6.07) is 5.15. The molecule has 0 saturated carbocycles. The van der Waals surface area contributed by atoms with Crippen LogP contribution in [0.2, 0.25) is 10.0 Å². The van der Waals surface area contributed by atoms with Crippen LogP contribution in [0.15, 0.2) is 18.2 Å². The van der Waals surface area contributed by atoms with Crippen LogP contribution < -0.4 is 5.32 Å². The Kier molecular flexibility index (Phi) is 6.41. The predicted molar refractivity (Wildman–Crippen MR) is 83.8 cm³/mol. The lowest BCUT2D eigenvalue weighted by molar-refractivity contribution is -0.121. The summed E-state index contributed by atoms with van der Waals surface area (Å²) >= 11 is 11.7. The Labute approximate surface area is 138 Å². The zero-order chi connectivity index (χ0) is 16.1. The molecule has 1 aliphatic heterocycles. The van der Waals surface area contributed by atoms with Gasteiger partial charge in [-0.2, -0.15) is 0 Å². The van der Waals surface area contributed by atoms with E-state index in [0.717, 1.165) is 5.56 Å². The van der Waals surface area contributed by atoms with E-state index in [1.54, 1.807) is 23.1 Å². The lowest BCUT2D eigenvalue weighted by atomic mass is 10.0. The maximum Gasteiger partial charge on any atom is 0.251 e. The molecule has 1 N–H and O–H groups in total. The van der Waals surface area contributed by atoms with E-state index in [2.05, 4.69) is 5.32 Å². The van der Waals surface area contributed by atoms with E-state index < -0.39 is 6.43 Å². The number of piperidine rings is 1. The highest BCUT2D eigenvalue weighted by molar-refractivity contribution is 6.42. The largest absolute Gasteiger partial charge is 0.353 e. The van der Waals surface area contributed by atoms with Crippen LogP contribution in [0.5, 0.6) is 0 Å². The summed E-state index contributed by atoms with van der Waals surface area (Å²) in [5.41, 5.74) is 0.794. The molecule has 1 saturated heterocycles. The molecule has 122 valence electrons. The second kappa shape index (κ2) is 8.09. The molecule has 1 amide bonds. The first-order chi connectivity index (χ1) is 10.4. The highest BCUT2D eigenvalue weighted by Gasteiger charge is 2.22. The first kappa shape index (κ1) is 17.4. The lowest BCUT2D eigenvalue weighted by Gasteiger charge is -2.32. The van der Waals surface area contributed by atoms with Crippen LogP contribution in [-0.4, -0.2) is 42.9 Å². The molecule has 1 fully saturated rings. The third-order valence-corrected chi connectivity index (χ3v) is 4.44. The van der Waals surface area contributed by atoms with Crippen LogP contribution in [0.3, 0.4) is 0 Å². The molecule has 0 unspecified atom stereocenters. The van der Waals surface area contributed by atoms with Crippen molar-refractivity contribution >= 4 is 29.1 Å². The van der Waals surface area contributed by atoms with Crippen LogP contribution in [0.1, 0.15) is 18.4 Å². The van der Waals surface area contributed by atoms with E-state index in [1.165, 1.54) is 0 Å². The van der Waals surface area contributed by atoms with Gasteiger partial charge in [-0.25, -0.2) is 8.78 Å². The zero-order valence-electron chi connectivity index (χ0n) is 12.0. The number of alkyl halides is 2. The van der Waals surface area contributed by atoms with Crippen LogP contribution in [-0.2, 0) is 11.2 Å². The van der Waals surface area contributed by atoms with E-state index in [1.807, 2.05) is 0 Å². The summed E-state index contributed by atoms with van der Waals surface area (Å²) in [5, 5.41) is 3.83. The van der Waals surface area contributed by atoms with Gasteiger partial charge < -0.3 is 5.32 Å². The number of hydrogen-bond acceptors (Lipinski definition) is 2. The Bertz CT molecular complexity index is 520. The molecule has 0 radical (unpaired) electrons. The molecule has 22 heavy (non-hydrogen) atoms. The van der Waals surface area contributed by atoms with Crippen molar-refractivity contribution in [2.75, 3.05) is 19.6 Å². The van der Waals surface area contributed by atoms with Gasteiger partial charge in [0, 0.05) is 19.1 Å². The fourth-order valence-corrected chi connectivity index (χ4v) is 2.89. The molecule has 1 aliphatic rings. The van der Waals surface area contributed by atoms with E-state index in [4.69, 9.17) is 23.2 Å². The number of carbonyl (C=O) groups is 1. The molecule has 0 spiro atoms. The minimum atomic E-state index is -2.30. The fraction of sp³-hybridized carbons (Fsp3) is 0.533. The van der Waals surface area contributed by atoms with E-state index in [-0.39, 0.29) is 24.9 Å². The van der Waals surface area contributed by atoms with Crippen molar-refractivity contribution < 1.29 is 13.6 Å². The third kappa shape index (κ3) is 5.38. The smallest absolute Gasteiger partial charge is 0.251 e. The molecule has 7 heteroatoms. The predicted octanol–water partition coefficient (Wildman–Crippen LogP) is 3.38. The first-order valence-corrected chi connectivity index (χ1v) is 7.93. The van der Waals surface area contributed by atoms with Crippen molar-refractivity contribution in [2.45, 2.75) is 31.7 Å². The SMILES string of the molecule is O=C(Cc1ccc(Cl)c(Cl)c1)NC1CCN(CC(F)F)CC1. The van der Waals surface area contributed by atoms with E-state index >= 15 is 0 Å². The molecule has 1 aromatic carbocycles. The van der Waals surface area contributed by atoms with Gasteiger partial charge in [0.15, 0.2) is 0 Å². The van der Waals surface area contributed by atoms with E-state index in [0.29, 0.717) is 36.0 Å². The maximum atomic E-state index is 12.3. The van der Waals surface area contributed by atoms with Crippen molar-refractivity contribution in [1.82, 2.24) is 10.2 Å². The highest BCUT2D eigenvalue weighted by Crippen LogP contribution is 2.22. The van der Waals surface area contributed by atoms with Crippen LogP contribution in [0.25, 0.3) is 0 Å². The molecule has 0 aromatic heterocycles. The zero-order valence-corrected chi connectivity index (χ0v) is 13.5. The van der Waals surface area contributed by atoms with Crippen molar-refractivity contribution in [3.8, 4) is 0 Å². The second-order valence-corrected chi connectivity index (χ2v) is 6.27. The molecule has 1 heterocycles. The Morgan fingerprint density at radius 1 is 1.27 bits per heavy atom. The molecule has 0 aliphatic carbocycles. The number of likely N-dealkylation sites (tertiary alicyclic amines) is 1. The van der Waals surface area contributed by atoms with Gasteiger partial charge in [0.2, 0.25) is 5.91 Å². The summed E-state index contributed by atoms with van der Waals surface area (Å²) in [5.74, 6) is -0.0919. The monoisotopic (exact) mass is 350 g/mol. The number of nitrogens with zero attached hydrogens (tertiary/aromatic N) is 1. The Morgan fingerprint density at radius 3 is 2.55 bits per heavy atom. The fourth-order valence-electron chi connectivity index (χ4n) is 2.57. The van der Waals surface area contributed by atoms with Gasteiger partial charge in [0.1, 0.15) is 0 Å². The summed E-state index contributed by atoms with van der Waals surface area (Å²) in [4.78, 5) is 13.7. The number of rotatable bonds is 5. The van der Waals surface area contributed by atoms with Crippen molar-refractivity contribution in [2.24, 2.45) is 0 Å². The summed E-state index contributed by atoms with van der Waals surface area (Å²) in [7, 11) is 0. The number of hydrogen-bond donors (Lipinski definition) is 1.